The van der Waals surface area contributed by atoms with E-state index in [0.717, 1.165) is 53.8 Å². The van der Waals surface area contributed by atoms with E-state index in [-0.39, 0.29) is 29.9 Å². The van der Waals surface area contributed by atoms with E-state index in [1.54, 1.807) is 0 Å². The number of amides is 1. The highest BCUT2D eigenvalue weighted by molar-refractivity contribution is 14.0. The normalized spacial score (nSPS) is 14.2. The van der Waals surface area contributed by atoms with Crippen LogP contribution in [0.2, 0.25) is 0 Å². The summed E-state index contributed by atoms with van der Waals surface area (Å²) in [6.07, 6.45) is 1.59. The van der Waals surface area contributed by atoms with Gasteiger partial charge in [0.25, 0.3) is 0 Å². The lowest BCUT2D eigenvalue weighted by atomic mass is 10.2. The average molecular weight is 496 g/mol. The number of hydrogen-bond donors (Lipinski definition) is 2. The fraction of sp³-hybridized carbons (Fsp3) is 0.429. The van der Waals surface area contributed by atoms with Crippen molar-refractivity contribution in [2.45, 2.75) is 46.7 Å². The van der Waals surface area contributed by atoms with Crippen LogP contribution in [0.5, 0.6) is 0 Å². The first kappa shape index (κ1) is 22.3. The Morgan fingerprint density at radius 3 is 2.54 bits per heavy atom. The molecule has 28 heavy (non-hydrogen) atoms. The Kier molecular flexibility index (Phi) is 8.35. The van der Waals surface area contributed by atoms with Crippen molar-refractivity contribution in [1.29, 1.82) is 0 Å². The highest BCUT2D eigenvalue weighted by Gasteiger charge is 2.21. The lowest BCUT2D eigenvalue weighted by Gasteiger charge is -2.16. The quantitative estimate of drug-likeness (QED) is 0.362. The Hall–Kier alpha value is -2.03. The van der Waals surface area contributed by atoms with Crippen LogP contribution in [0.15, 0.2) is 39.7 Å². The van der Waals surface area contributed by atoms with Crippen LogP contribution in [0, 0.1) is 13.8 Å². The van der Waals surface area contributed by atoms with Crippen molar-refractivity contribution in [3.05, 3.63) is 53.0 Å². The molecule has 1 aromatic heterocycles. The largest absolute Gasteiger partial charge is 0.466 e. The minimum Gasteiger partial charge on any atom is -0.466 e. The van der Waals surface area contributed by atoms with E-state index in [4.69, 9.17) is 4.42 Å². The zero-order valence-electron chi connectivity index (χ0n) is 16.7. The van der Waals surface area contributed by atoms with E-state index in [9.17, 15) is 4.79 Å². The molecule has 0 radical (unpaired) electrons. The fourth-order valence-corrected chi connectivity index (χ4v) is 3.25. The number of anilines is 1. The van der Waals surface area contributed by atoms with Crippen LogP contribution >= 0.6 is 24.0 Å². The predicted octanol–water partition coefficient (Wildman–Crippen LogP) is 3.90. The number of nitrogens with one attached hydrogen (secondary N) is 2. The summed E-state index contributed by atoms with van der Waals surface area (Å²) in [5.74, 6) is 2.84. The van der Waals surface area contributed by atoms with Gasteiger partial charge in [-0.1, -0.05) is 12.1 Å². The van der Waals surface area contributed by atoms with Crippen molar-refractivity contribution in [2.75, 3.05) is 18.0 Å². The number of guanidine groups is 1. The summed E-state index contributed by atoms with van der Waals surface area (Å²) in [5, 5.41) is 6.62. The Bertz CT molecular complexity index is 814. The molecule has 1 amide bonds. The number of hydrogen-bond acceptors (Lipinski definition) is 3. The Morgan fingerprint density at radius 1 is 1.21 bits per heavy atom. The standard InChI is InChI=1S/C21H28N4O2.HI/c1-4-22-21(24-14-18-12-15(2)27-16(18)3)23-13-17-7-9-19(10-8-17)25-11-5-6-20(25)26;/h7-10,12H,4-6,11,13-14H2,1-3H3,(H2,22,23,24);1H. The molecule has 2 N–H and O–H groups in total. The molecule has 1 aromatic carbocycles. The van der Waals surface area contributed by atoms with Crippen LogP contribution in [0.3, 0.4) is 0 Å². The maximum atomic E-state index is 11.8. The molecule has 1 aliphatic rings. The average Bonchev–Trinajstić information content (AvgIpc) is 3.22. The number of rotatable bonds is 6. The fourth-order valence-electron chi connectivity index (χ4n) is 3.25. The minimum absolute atomic E-state index is 0. The van der Waals surface area contributed by atoms with Gasteiger partial charge in [0.15, 0.2) is 5.96 Å². The molecule has 0 spiro atoms. The Balaban J connectivity index is 0.00000280. The van der Waals surface area contributed by atoms with E-state index in [1.165, 1.54) is 0 Å². The molecule has 2 heterocycles. The van der Waals surface area contributed by atoms with Gasteiger partial charge in [0, 0.05) is 37.3 Å². The molecule has 1 aliphatic heterocycles. The molecule has 6 nitrogen and oxygen atoms in total. The van der Waals surface area contributed by atoms with Crippen molar-refractivity contribution in [3.63, 3.8) is 0 Å². The lowest BCUT2D eigenvalue weighted by molar-refractivity contribution is -0.117. The summed E-state index contributed by atoms with van der Waals surface area (Å²) < 4.78 is 5.57. The highest BCUT2D eigenvalue weighted by Crippen LogP contribution is 2.21. The van der Waals surface area contributed by atoms with Gasteiger partial charge < -0.3 is 20.0 Å². The summed E-state index contributed by atoms with van der Waals surface area (Å²) in [6, 6.07) is 10.1. The van der Waals surface area contributed by atoms with Gasteiger partial charge in [0.1, 0.15) is 11.5 Å². The molecule has 0 unspecified atom stereocenters. The third-order valence-electron chi connectivity index (χ3n) is 4.68. The summed E-state index contributed by atoms with van der Waals surface area (Å²) in [5.41, 5.74) is 3.22. The first-order chi connectivity index (χ1) is 13.1. The molecule has 2 aromatic rings. The first-order valence-electron chi connectivity index (χ1n) is 9.54. The second kappa shape index (κ2) is 10.5. The number of aliphatic imine (C=N–C) groups is 1. The maximum absolute atomic E-state index is 11.8. The highest BCUT2D eigenvalue weighted by atomic mass is 127. The smallest absolute Gasteiger partial charge is 0.227 e. The van der Waals surface area contributed by atoms with Gasteiger partial charge >= 0.3 is 0 Å². The van der Waals surface area contributed by atoms with E-state index in [1.807, 2.05) is 56.0 Å². The molecule has 152 valence electrons. The minimum atomic E-state index is 0. The lowest BCUT2D eigenvalue weighted by Crippen LogP contribution is -2.36. The van der Waals surface area contributed by atoms with Gasteiger partial charge in [0.05, 0.1) is 6.54 Å². The third-order valence-corrected chi connectivity index (χ3v) is 4.68. The molecular weight excluding hydrogens is 467 g/mol. The molecule has 0 saturated carbocycles. The van der Waals surface area contributed by atoms with Crippen LogP contribution in [0.25, 0.3) is 0 Å². The maximum Gasteiger partial charge on any atom is 0.227 e. The van der Waals surface area contributed by atoms with Crippen LogP contribution in [0.1, 0.15) is 42.4 Å². The number of aryl methyl sites for hydroxylation is 2. The number of carbonyl (C=O) groups is 1. The summed E-state index contributed by atoms with van der Waals surface area (Å²) in [7, 11) is 0. The second-order valence-corrected chi connectivity index (χ2v) is 6.80. The van der Waals surface area contributed by atoms with E-state index >= 15 is 0 Å². The third kappa shape index (κ3) is 5.73. The zero-order chi connectivity index (χ0) is 19.2. The molecule has 0 bridgehead atoms. The molecule has 1 saturated heterocycles. The van der Waals surface area contributed by atoms with Crippen LogP contribution in [-0.2, 0) is 17.9 Å². The van der Waals surface area contributed by atoms with E-state index < -0.39 is 0 Å². The van der Waals surface area contributed by atoms with Crippen molar-refractivity contribution in [3.8, 4) is 0 Å². The molecule has 7 heteroatoms. The van der Waals surface area contributed by atoms with E-state index in [2.05, 4.69) is 15.6 Å². The molecule has 1 fully saturated rings. The number of carbonyl (C=O) groups excluding carboxylic acids is 1. The Labute approximate surface area is 183 Å². The van der Waals surface area contributed by atoms with Gasteiger partial charge in [-0.3, -0.25) is 4.79 Å². The van der Waals surface area contributed by atoms with Crippen molar-refractivity contribution in [2.24, 2.45) is 4.99 Å². The zero-order valence-corrected chi connectivity index (χ0v) is 19.1. The molecule has 3 rings (SSSR count). The van der Waals surface area contributed by atoms with Crippen molar-refractivity contribution in [1.82, 2.24) is 10.6 Å². The van der Waals surface area contributed by atoms with E-state index in [0.29, 0.717) is 19.5 Å². The van der Waals surface area contributed by atoms with Gasteiger partial charge in [-0.15, -0.1) is 24.0 Å². The topological polar surface area (TPSA) is 69.9 Å². The van der Waals surface area contributed by atoms with Gasteiger partial charge in [-0.05, 0) is 51.0 Å². The molecule has 0 atom stereocenters. The predicted molar refractivity (Wildman–Crippen MR) is 123 cm³/mol. The summed E-state index contributed by atoms with van der Waals surface area (Å²) >= 11 is 0. The molecule has 0 aliphatic carbocycles. The monoisotopic (exact) mass is 496 g/mol. The molecular formula is C21H29IN4O2. The van der Waals surface area contributed by atoms with Gasteiger partial charge in [-0.2, -0.15) is 0 Å². The number of benzene rings is 1. The van der Waals surface area contributed by atoms with Crippen molar-refractivity contribution >= 4 is 41.5 Å². The number of halogens is 1. The van der Waals surface area contributed by atoms with Gasteiger partial charge in [0.2, 0.25) is 5.91 Å². The van der Waals surface area contributed by atoms with Crippen molar-refractivity contribution < 1.29 is 9.21 Å². The summed E-state index contributed by atoms with van der Waals surface area (Å²) in [4.78, 5) is 18.4. The Morgan fingerprint density at radius 2 is 1.96 bits per heavy atom. The number of nitrogens with zero attached hydrogens (tertiary/aromatic N) is 2. The van der Waals surface area contributed by atoms with Crippen LogP contribution in [0.4, 0.5) is 5.69 Å². The van der Waals surface area contributed by atoms with Gasteiger partial charge in [-0.25, -0.2) is 4.99 Å². The second-order valence-electron chi connectivity index (χ2n) is 6.80. The van der Waals surface area contributed by atoms with Crippen LogP contribution in [-0.4, -0.2) is 25.0 Å². The number of furan rings is 1. The van der Waals surface area contributed by atoms with Crippen LogP contribution < -0.4 is 15.5 Å². The SMILES string of the molecule is CCNC(=NCc1ccc(N2CCCC2=O)cc1)NCc1cc(C)oc1C.I. The summed E-state index contributed by atoms with van der Waals surface area (Å²) in [6.45, 7) is 8.84. The first-order valence-corrected chi connectivity index (χ1v) is 9.54.